The van der Waals surface area contributed by atoms with Gasteiger partial charge in [0.05, 0.1) is 6.23 Å². The average molecular weight is 321 g/mol. The van der Waals surface area contributed by atoms with Crippen molar-refractivity contribution in [2.24, 2.45) is 0 Å². The Labute approximate surface area is 130 Å². The van der Waals surface area contributed by atoms with E-state index in [0.29, 0.717) is 19.1 Å². The summed E-state index contributed by atoms with van der Waals surface area (Å²) in [4.78, 5) is 11.4. The molecule has 0 amide bonds. The van der Waals surface area contributed by atoms with Crippen LogP contribution in [0.3, 0.4) is 0 Å². The highest BCUT2D eigenvalue weighted by Gasteiger charge is 2.39. The van der Waals surface area contributed by atoms with Gasteiger partial charge in [-0.2, -0.15) is 0 Å². The van der Waals surface area contributed by atoms with Crippen LogP contribution >= 0.6 is 0 Å². The van der Waals surface area contributed by atoms with Gasteiger partial charge in [0, 0.05) is 25.0 Å². The molecule has 0 aliphatic heterocycles. The first kappa shape index (κ1) is 20.6. The lowest BCUT2D eigenvalue weighted by atomic mass is 10.4. The summed E-state index contributed by atoms with van der Waals surface area (Å²) in [5, 5.41) is 0. The normalized spacial score (nSPS) is 13.8. The zero-order valence-electron chi connectivity index (χ0n) is 14.6. The number of hydrogen-bond acceptors (Lipinski definition) is 5. The molecule has 0 fully saturated rings. The Morgan fingerprint density at radius 1 is 1.00 bits per heavy atom. The van der Waals surface area contributed by atoms with Gasteiger partial charge in [-0.25, -0.2) is 0 Å². The highest BCUT2D eigenvalue weighted by Crippen LogP contribution is 2.20. The minimum absolute atomic E-state index is 0.0808. The highest BCUT2D eigenvalue weighted by molar-refractivity contribution is 6.67. The molecule has 0 heterocycles. The highest BCUT2D eigenvalue weighted by atomic mass is 28.4. The van der Waals surface area contributed by atoms with Gasteiger partial charge in [0.1, 0.15) is 0 Å². The predicted molar refractivity (Wildman–Crippen MR) is 85.1 cm³/mol. The van der Waals surface area contributed by atoms with Gasteiger partial charge in [-0.1, -0.05) is 20.8 Å². The van der Waals surface area contributed by atoms with Crippen LogP contribution in [-0.4, -0.2) is 39.3 Å². The monoisotopic (exact) mass is 320 g/mol. The van der Waals surface area contributed by atoms with Crippen LogP contribution in [0.25, 0.3) is 0 Å². The Bertz CT molecular complexity index is 284. The van der Waals surface area contributed by atoms with Crippen molar-refractivity contribution in [1.82, 2.24) is 0 Å². The first-order valence-corrected chi connectivity index (χ1v) is 10.2. The summed E-state index contributed by atoms with van der Waals surface area (Å²) in [6.07, 6.45) is 0.969. The van der Waals surface area contributed by atoms with Crippen LogP contribution in [0.5, 0.6) is 0 Å². The molecule has 0 spiro atoms. The molecule has 1 atom stereocenters. The molecule has 0 bridgehead atoms. The Morgan fingerprint density at radius 2 is 1.52 bits per heavy atom. The van der Waals surface area contributed by atoms with Crippen LogP contribution in [0.4, 0.5) is 0 Å². The third-order valence-electron chi connectivity index (χ3n) is 2.81. The molecule has 0 aromatic heterocycles. The van der Waals surface area contributed by atoms with Gasteiger partial charge in [0.25, 0.3) is 0 Å². The number of carbonyl (C=O) groups is 1. The molecule has 126 valence electrons. The van der Waals surface area contributed by atoms with Crippen LogP contribution in [0, 0.1) is 0 Å². The number of rotatable bonds is 11. The second kappa shape index (κ2) is 10.3. The minimum Gasteiger partial charge on any atom is -0.436 e. The fraction of sp³-hybridized carbons (Fsp3) is 0.933. The van der Waals surface area contributed by atoms with Crippen molar-refractivity contribution in [2.75, 3.05) is 6.23 Å². The van der Waals surface area contributed by atoms with E-state index in [2.05, 4.69) is 6.92 Å². The second-order valence-electron chi connectivity index (χ2n) is 5.59. The van der Waals surface area contributed by atoms with Gasteiger partial charge in [-0.3, -0.25) is 4.79 Å². The maximum atomic E-state index is 11.4. The molecule has 0 aromatic rings. The molecular formula is C15H32O5Si. The van der Waals surface area contributed by atoms with Crippen LogP contribution in [0.1, 0.15) is 61.3 Å². The van der Waals surface area contributed by atoms with Crippen LogP contribution < -0.4 is 0 Å². The molecule has 0 radical (unpaired) electrons. The van der Waals surface area contributed by atoms with Gasteiger partial charge in [0.2, 0.25) is 6.29 Å². The summed E-state index contributed by atoms with van der Waals surface area (Å²) >= 11 is 0. The minimum atomic E-state index is -2.45. The van der Waals surface area contributed by atoms with E-state index in [1.54, 1.807) is 6.92 Å². The van der Waals surface area contributed by atoms with Crippen molar-refractivity contribution in [3.05, 3.63) is 0 Å². The van der Waals surface area contributed by atoms with E-state index < -0.39 is 14.9 Å². The average Bonchev–Trinajstić information content (AvgIpc) is 2.41. The van der Waals surface area contributed by atoms with Crippen molar-refractivity contribution in [1.29, 1.82) is 0 Å². The lowest BCUT2D eigenvalue weighted by molar-refractivity contribution is -0.177. The summed E-state index contributed by atoms with van der Waals surface area (Å²) in [5.74, 6) is -0.250. The standard InChI is InChI=1S/C15H32O5Si/c1-8-14(16)18-15(9-2)17-11-21(10-3,19-12(4)5)20-13(6)7/h12-13,15H,8-11H2,1-7H3. The molecule has 6 heteroatoms. The Balaban J connectivity index is 4.74. The summed E-state index contributed by atoms with van der Waals surface area (Å²) in [7, 11) is -2.45. The van der Waals surface area contributed by atoms with Gasteiger partial charge in [-0.15, -0.1) is 0 Å². The van der Waals surface area contributed by atoms with Gasteiger partial charge < -0.3 is 18.3 Å². The van der Waals surface area contributed by atoms with Gasteiger partial charge >= 0.3 is 14.5 Å². The molecule has 0 saturated heterocycles. The molecule has 21 heavy (non-hydrogen) atoms. The summed E-state index contributed by atoms with van der Waals surface area (Å²) in [6.45, 7) is 13.7. The predicted octanol–water partition coefficient (Wildman–Crippen LogP) is 3.54. The molecule has 0 aromatic carbocycles. The lowest BCUT2D eigenvalue weighted by Gasteiger charge is -2.34. The molecular weight excluding hydrogens is 288 g/mol. The van der Waals surface area contributed by atoms with E-state index >= 15 is 0 Å². The SMILES string of the molecule is CCC(=O)OC(CC)OC[Si](CC)(OC(C)C)OC(C)C. The zero-order chi connectivity index (χ0) is 16.5. The summed E-state index contributed by atoms with van der Waals surface area (Å²) in [5.41, 5.74) is 0. The van der Waals surface area contributed by atoms with Crippen LogP contribution in [0.15, 0.2) is 0 Å². The number of carbonyl (C=O) groups excluding carboxylic acids is 1. The quantitative estimate of drug-likeness (QED) is 0.331. The maximum absolute atomic E-state index is 11.4. The Hall–Kier alpha value is -0.433. The largest absolute Gasteiger partial charge is 0.436 e. The van der Waals surface area contributed by atoms with Crippen molar-refractivity contribution >= 4 is 14.5 Å². The molecule has 0 aliphatic carbocycles. The first-order chi connectivity index (χ1) is 9.78. The molecule has 5 nitrogen and oxygen atoms in total. The Kier molecular flexibility index (Phi) is 10.1. The van der Waals surface area contributed by atoms with E-state index in [0.717, 1.165) is 6.04 Å². The van der Waals surface area contributed by atoms with E-state index in [1.165, 1.54) is 0 Å². The zero-order valence-corrected chi connectivity index (χ0v) is 15.6. The molecule has 0 N–H and O–H groups in total. The third-order valence-corrected chi connectivity index (χ3v) is 6.30. The summed E-state index contributed by atoms with van der Waals surface area (Å²) < 4.78 is 23.2. The molecule has 1 unspecified atom stereocenters. The van der Waals surface area contributed by atoms with Crippen LogP contribution in [0.2, 0.25) is 6.04 Å². The van der Waals surface area contributed by atoms with E-state index in [4.69, 9.17) is 18.3 Å². The number of esters is 1. The van der Waals surface area contributed by atoms with Crippen LogP contribution in [-0.2, 0) is 23.1 Å². The van der Waals surface area contributed by atoms with E-state index in [9.17, 15) is 4.79 Å². The summed E-state index contributed by atoms with van der Waals surface area (Å²) in [6, 6.07) is 0.793. The Morgan fingerprint density at radius 3 is 1.86 bits per heavy atom. The van der Waals surface area contributed by atoms with E-state index in [-0.39, 0.29) is 18.2 Å². The van der Waals surface area contributed by atoms with Gasteiger partial charge in [-0.05, 0) is 33.7 Å². The smallest absolute Gasteiger partial charge is 0.365 e. The molecule has 0 rings (SSSR count). The molecule has 0 aliphatic rings. The molecule has 0 saturated carbocycles. The topological polar surface area (TPSA) is 54.0 Å². The lowest BCUT2D eigenvalue weighted by Crippen LogP contribution is -2.51. The third kappa shape index (κ3) is 8.56. The fourth-order valence-electron chi connectivity index (χ4n) is 1.91. The fourth-order valence-corrected chi connectivity index (χ4v) is 4.80. The van der Waals surface area contributed by atoms with Gasteiger partial charge in [0.15, 0.2) is 0 Å². The second-order valence-corrected chi connectivity index (χ2v) is 8.88. The van der Waals surface area contributed by atoms with Crippen molar-refractivity contribution < 1.29 is 23.1 Å². The number of hydrogen-bond donors (Lipinski definition) is 0. The maximum Gasteiger partial charge on any atom is 0.365 e. The first-order valence-electron chi connectivity index (χ1n) is 7.95. The van der Waals surface area contributed by atoms with Crippen molar-refractivity contribution in [3.8, 4) is 0 Å². The van der Waals surface area contributed by atoms with Crippen molar-refractivity contribution in [2.45, 2.75) is 85.8 Å². The van der Waals surface area contributed by atoms with E-state index in [1.807, 2.05) is 34.6 Å². The van der Waals surface area contributed by atoms with Crippen molar-refractivity contribution in [3.63, 3.8) is 0 Å². The number of ether oxygens (including phenoxy) is 2.